The topological polar surface area (TPSA) is 24.9 Å². The van der Waals surface area contributed by atoms with Gasteiger partial charge in [-0.1, -0.05) is 30.7 Å². The number of fused-ring (bicyclic) bond motifs is 1. The first-order valence-corrected chi connectivity index (χ1v) is 8.12. The van der Waals surface area contributed by atoms with Gasteiger partial charge >= 0.3 is 0 Å². The second-order valence-corrected chi connectivity index (χ2v) is 6.55. The molecular formula is C16H20N2S. The van der Waals surface area contributed by atoms with E-state index in [4.69, 9.17) is 0 Å². The summed E-state index contributed by atoms with van der Waals surface area (Å²) in [7, 11) is 0. The summed E-state index contributed by atoms with van der Waals surface area (Å²) in [6.45, 7) is 2.04. The lowest BCUT2D eigenvalue weighted by Crippen LogP contribution is -2.26. The summed E-state index contributed by atoms with van der Waals surface area (Å²) in [4.78, 5) is 4.33. The number of benzene rings is 1. The minimum absolute atomic E-state index is 0.802. The van der Waals surface area contributed by atoms with E-state index in [-0.39, 0.29) is 0 Å². The Balaban J connectivity index is 1.62. The zero-order valence-corrected chi connectivity index (χ0v) is 12.0. The second-order valence-electron chi connectivity index (χ2n) is 5.14. The minimum Gasteiger partial charge on any atom is -0.311 e. The molecule has 1 aromatic carbocycles. The summed E-state index contributed by atoms with van der Waals surface area (Å²) in [5.41, 5.74) is 1.30. The summed E-state index contributed by atoms with van der Waals surface area (Å²) >= 11 is 2.12. The van der Waals surface area contributed by atoms with Gasteiger partial charge in [0.2, 0.25) is 0 Å². The van der Waals surface area contributed by atoms with Crippen LogP contribution in [0.5, 0.6) is 0 Å². The molecule has 1 aromatic heterocycles. The molecule has 3 heteroatoms. The van der Waals surface area contributed by atoms with E-state index in [9.17, 15) is 0 Å². The minimum atomic E-state index is 0.802. The van der Waals surface area contributed by atoms with Gasteiger partial charge in [-0.25, -0.2) is 0 Å². The number of hydrogen-bond acceptors (Lipinski definition) is 3. The number of hydrogen-bond donors (Lipinski definition) is 1. The molecule has 0 radical (unpaired) electrons. The van der Waals surface area contributed by atoms with E-state index in [1.165, 1.54) is 41.4 Å². The van der Waals surface area contributed by atoms with E-state index in [0.29, 0.717) is 0 Å². The summed E-state index contributed by atoms with van der Waals surface area (Å²) < 4.78 is 0. The van der Waals surface area contributed by atoms with Crippen LogP contribution in [0.3, 0.4) is 0 Å². The number of thioether (sulfide) groups is 1. The van der Waals surface area contributed by atoms with Crippen molar-refractivity contribution in [2.45, 2.75) is 31.1 Å². The third-order valence-electron chi connectivity index (χ3n) is 3.71. The molecule has 1 fully saturated rings. The molecule has 0 spiro atoms. The van der Waals surface area contributed by atoms with E-state index in [1.807, 2.05) is 12.4 Å². The van der Waals surface area contributed by atoms with Gasteiger partial charge in [-0.3, -0.25) is 4.98 Å². The van der Waals surface area contributed by atoms with Crippen LogP contribution in [-0.2, 0) is 6.54 Å². The van der Waals surface area contributed by atoms with E-state index in [0.717, 1.165) is 18.3 Å². The van der Waals surface area contributed by atoms with Crippen LogP contribution >= 0.6 is 11.8 Å². The molecule has 3 rings (SSSR count). The molecule has 1 N–H and O–H groups in total. The van der Waals surface area contributed by atoms with Gasteiger partial charge in [0.05, 0.1) is 0 Å². The molecule has 2 aromatic rings. The maximum Gasteiger partial charge on any atom is 0.0346 e. The van der Waals surface area contributed by atoms with Crippen LogP contribution in [0, 0.1) is 0 Å². The SMILES string of the molecule is c1ccc2c(CNCC3CCCCS3)cncc2c1. The summed E-state index contributed by atoms with van der Waals surface area (Å²) in [5, 5.41) is 6.96. The van der Waals surface area contributed by atoms with Crippen molar-refractivity contribution in [3.8, 4) is 0 Å². The normalized spacial score (nSPS) is 19.7. The van der Waals surface area contributed by atoms with E-state index in [2.05, 4.69) is 46.3 Å². The fourth-order valence-electron chi connectivity index (χ4n) is 2.66. The van der Waals surface area contributed by atoms with Crippen molar-refractivity contribution in [3.63, 3.8) is 0 Å². The first kappa shape index (κ1) is 12.9. The lowest BCUT2D eigenvalue weighted by atomic mass is 10.1. The van der Waals surface area contributed by atoms with Crippen molar-refractivity contribution in [3.05, 3.63) is 42.2 Å². The molecule has 1 unspecified atom stereocenters. The number of nitrogens with zero attached hydrogens (tertiary/aromatic N) is 1. The Morgan fingerprint density at radius 1 is 1.21 bits per heavy atom. The molecule has 0 aliphatic carbocycles. The Kier molecular flexibility index (Phi) is 4.36. The van der Waals surface area contributed by atoms with Crippen LogP contribution < -0.4 is 5.32 Å². The van der Waals surface area contributed by atoms with Crippen LogP contribution in [0.2, 0.25) is 0 Å². The fraction of sp³-hybridized carbons (Fsp3) is 0.438. The van der Waals surface area contributed by atoms with Crippen LogP contribution in [0.15, 0.2) is 36.7 Å². The third-order valence-corrected chi connectivity index (χ3v) is 5.11. The van der Waals surface area contributed by atoms with Crippen molar-refractivity contribution >= 4 is 22.5 Å². The predicted octanol–water partition coefficient (Wildman–Crippen LogP) is 3.61. The first-order chi connectivity index (χ1) is 9.43. The summed E-state index contributed by atoms with van der Waals surface area (Å²) in [5.74, 6) is 1.34. The average molecular weight is 272 g/mol. The average Bonchev–Trinajstić information content (AvgIpc) is 2.49. The highest BCUT2D eigenvalue weighted by Gasteiger charge is 2.13. The van der Waals surface area contributed by atoms with Gasteiger partial charge in [0.15, 0.2) is 0 Å². The number of rotatable bonds is 4. The lowest BCUT2D eigenvalue weighted by Gasteiger charge is -2.21. The standard InChI is InChI=1S/C16H20N2S/c1-2-7-16-13(5-1)9-17-10-14(16)11-18-12-15-6-3-4-8-19-15/h1-2,5,7,9-10,15,18H,3-4,6,8,11-12H2. The Morgan fingerprint density at radius 2 is 2.16 bits per heavy atom. The molecule has 100 valence electrons. The molecule has 1 atom stereocenters. The molecule has 1 saturated heterocycles. The van der Waals surface area contributed by atoms with Gasteiger partial charge in [-0.05, 0) is 29.5 Å². The Labute approximate surface area is 119 Å². The molecule has 2 nitrogen and oxygen atoms in total. The highest BCUT2D eigenvalue weighted by molar-refractivity contribution is 7.99. The van der Waals surface area contributed by atoms with E-state index in [1.54, 1.807) is 0 Å². The molecule has 0 amide bonds. The fourth-order valence-corrected chi connectivity index (χ4v) is 3.93. The van der Waals surface area contributed by atoms with Gasteiger partial charge < -0.3 is 5.32 Å². The number of pyridine rings is 1. The van der Waals surface area contributed by atoms with Crippen LogP contribution in [-0.4, -0.2) is 22.5 Å². The van der Waals surface area contributed by atoms with Crippen molar-refractivity contribution in [1.29, 1.82) is 0 Å². The highest BCUT2D eigenvalue weighted by atomic mass is 32.2. The quantitative estimate of drug-likeness (QED) is 0.920. The van der Waals surface area contributed by atoms with Crippen LogP contribution in [0.25, 0.3) is 10.8 Å². The molecular weight excluding hydrogens is 252 g/mol. The molecule has 19 heavy (non-hydrogen) atoms. The molecule has 1 aliphatic heterocycles. The monoisotopic (exact) mass is 272 g/mol. The van der Waals surface area contributed by atoms with Crippen molar-refractivity contribution in [1.82, 2.24) is 10.3 Å². The molecule has 1 aliphatic rings. The maximum atomic E-state index is 4.33. The predicted molar refractivity (Wildman–Crippen MR) is 83.5 cm³/mol. The highest BCUT2D eigenvalue weighted by Crippen LogP contribution is 2.24. The van der Waals surface area contributed by atoms with Gasteiger partial charge in [-0.2, -0.15) is 11.8 Å². The smallest absolute Gasteiger partial charge is 0.0346 e. The summed E-state index contributed by atoms with van der Waals surface area (Å²) in [6.07, 6.45) is 8.09. The second kappa shape index (κ2) is 6.40. The van der Waals surface area contributed by atoms with E-state index >= 15 is 0 Å². The maximum absolute atomic E-state index is 4.33. The number of nitrogens with one attached hydrogen (secondary N) is 1. The van der Waals surface area contributed by atoms with Crippen molar-refractivity contribution in [2.24, 2.45) is 0 Å². The van der Waals surface area contributed by atoms with Gasteiger partial charge in [-0.15, -0.1) is 0 Å². The summed E-state index contributed by atoms with van der Waals surface area (Å²) in [6, 6.07) is 8.48. The zero-order chi connectivity index (χ0) is 12.9. The molecule has 0 saturated carbocycles. The molecule has 2 heterocycles. The first-order valence-electron chi connectivity index (χ1n) is 7.07. The Hall–Kier alpha value is -1.06. The lowest BCUT2D eigenvalue weighted by molar-refractivity contribution is 0.598. The largest absolute Gasteiger partial charge is 0.311 e. The van der Waals surface area contributed by atoms with Crippen molar-refractivity contribution in [2.75, 3.05) is 12.3 Å². The van der Waals surface area contributed by atoms with E-state index < -0.39 is 0 Å². The van der Waals surface area contributed by atoms with Crippen LogP contribution in [0.4, 0.5) is 0 Å². The Bertz CT molecular complexity index is 530. The molecule has 0 bridgehead atoms. The Morgan fingerprint density at radius 3 is 3.05 bits per heavy atom. The van der Waals surface area contributed by atoms with Gasteiger partial charge in [0.25, 0.3) is 0 Å². The zero-order valence-electron chi connectivity index (χ0n) is 11.1. The third kappa shape index (κ3) is 3.28. The van der Waals surface area contributed by atoms with Crippen molar-refractivity contribution < 1.29 is 0 Å². The van der Waals surface area contributed by atoms with Gasteiger partial charge in [0, 0.05) is 36.1 Å². The van der Waals surface area contributed by atoms with Crippen LogP contribution in [0.1, 0.15) is 24.8 Å². The van der Waals surface area contributed by atoms with Gasteiger partial charge in [0.1, 0.15) is 0 Å². The number of aromatic nitrogens is 1.